The average Bonchev–Trinajstić information content (AvgIpc) is 3.22. The molecule has 0 fully saturated rings. The molecule has 2 aromatic rings. The second-order valence-corrected chi connectivity index (χ2v) is 8.50. The number of alkyl halides is 12. The first-order valence-electron chi connectivity index (χ1n) is 10.0. The number of rotatable bonds is 10. The lowest BCUT2D eigenvalue weighted by Crippen LogP contribution is -2.70. The molecule has 0 aliphatic rings. The molecule has 0 atom stereocenters. The van der Waals surface area contributed by atoms with Gasteiger partial charge in [0.15, 0.2) is 0 Å². The summed E-state index contributed by atoms with van der Waals surface area (Å²) in [5.74, 6) is -42.1. The Morgan fingerprint density at radius 3 is 1.89 bits per heavy atom. The van der Waals surface area contributed by atoms with Crippen LogP contribution < -0.4 is 5.32 Å². The molecular weight excluding hydrogens is 574 g/mol. The largest absolute Gasteiger partial charge is 0.462 e. The number of hydrogen-bond donors (Lipinski definition) is 1. The van der Waals surface area contributed by atoms with Crippen LogP contribution in [0.1, 0.15) is 22.8 Å². The Bertz CT molecular complexity index is 1180. The average molecular weight is 589 g/mol. The normalized spacial score (nSPS) is 13.6. The molecule has 0 saturated heterocycles. The molecule has 2 rings (SSSR count). The zero-order chi connectivity index (χ0) is 29.5. The van der Waals surface area contributed by atoms with Gasteiger partial charge in [0, 0.05) is 10.9 Å². The Kier molecular flexibility index (Phi) is 8.46. The summed E-state index contributed by atoms with van der Waals surface area (Å²) in [6, 6.07) is 5.90. The minimum Gasteiger partial charge on any atom is -0.462 e. The molecule has 1 amide bonds. The van der Waals surface area contributed by atoms with Gasteiger partial charge in [-0.2, -0.15) is 43.9 Å². The summed E-state index contributed by atoms with van der Waals surface area (Å²) in [7, 11) is 0. The van der Waals surface area contributed by atoms with Crippen molar-refractivity contribution in [3.05, 3.63) is 40.8 Å². The first kappa shape index (κ1) is 31.2. The van der Waals surface area contributed by atoms with Gasteiger partial charge in [0.1, 0.15) is 10.6 Å². The van der Waals surface area contributed by atoms with Gasteiger partial charge in [-0.05, 0) is 19.4 Å². The van der Waals surface area contributed by atoms with Crippen molar-refractivity contribution < 1.29 is 67.0 Å². The molecule has 0 unspecified atom stereocenters. The third-order valence-electron chi connectivity index (χ3n) is 5.02. The number of benzene rings is 1. The monoisotopic (exact) mass is 589 g/mol. The lowest BCUT2D eigenvalue weighted by molar-refractivity contribution is -0.406. The molecule has 0 spiro atoms. The highest BCUT2D eigenvalue weighted by molar-refractivity contribution is 7.15. The van der Waals surface area contributed by atoms with E-state index < -0.39 is 58.5 Å². The maximum absolute atomic E-state index is 14.2. The summed E-state index contributed by atoms with van der Waals surface area (Å²) < 4.78 is 166. The summed E-state index contributed by atoms with van der Waals surface area (Å²) >= 11 is 0.240. The van der Waals surface area contributed by atoms with E-state index in [1.807, 2.05) is 0 Å². The number of carbonyl (C=O) groups is 2. The molecule has 4 nitrogen and oxygen atoms in total. The number of nitrogens with one attached hydrogen (secondary N) is 1. The Balaban J connectivity index is 2.54. The third kappa shape index (κ3) is 4.91. The van der Waals surface area contributed by atoms with E-state index in [9.17, 15) is 62.3 Å². The number of halogens is 12. The molecule has 0 radical (unpaired) electrons. The minimum atomic E-state index is -7.87. The van der Waals surface area contributed by atoms with Gasteiger partial charge >= 0.3 is 47.9 Å². The van der Waals surface area contributed by atoms with Crippen LogP contribution in [0.2, 0.25) is 0 Å². The van der Waals surface area contributed by atoms with Gasteiger partial charge in [0.25, 0.3) is 0 Å². The Morgan fingerprint density at radius 1 is 0.895 bits per heavy atom. The lowest BCUT2D eigenvalue weighted by atomic mass is 9.94. The van der Waals surface area contributed by atoms with Gasteiger partial charge < -0.3 is 10.1 Å². The van der Waals surface area contributed by atoms with E-state index in [0.717, 1.165) is 16.3 Å². The van der Waals surface area contributed by atoms with Crippen LogP contribution in [0.25, 0.3) is 11.1 Å². The van der Waals surface area contributed by atoms with Crippen LogP contribution in [-0.2, 0) is 9.53 Å². The predicted molar refractivity (Wildman–Crippen MR) is 110 cm³/mol. The number of aryl methyl sites for hydroxylation is 1. The van der Waals surface area contributed by atoms with Crippen LogP contribution in [0.15, 0.2) is 29.6 Å². The number of amides is 1. The van der Waals surface area contributed by atoms with Crippen molar-refractivity contribution in [2.75, 3.05) is 11.9 Å². The van der Waals surface area contributed by atoms with E-state index in [1.54, 1.807) is 6.92 Å². The Morgan fingerprint density at radius 2 is 1.42 bits per heavy atom. The van der Waals surface area contributed by atoms with Gasteiger partial charge in [-0.1, -0.05) is 29.8 Å². The van der Waals surface area contributed by atoms with Crippen molar-refractivity contribution in [3.63, 3.8) is 0 Å². The molecule has 212 valence electrons. The molecule has 1 heterocycles. The molecule has 1 aromatic carbocycles. The standard InChI is InChI=1S/C21H15F12NO3S/c1-3-37-14(35)12-11(10-6-4-9(2)5-7-10)8-38-13(12)34-16(36)18(26,27)20(30,31)21(32,33)19(28,29)17(24,25)15(22)23/h4-8,15H,3H2,1-2H3,(H,34,36). The van der Waals surface area contributed by atoms with Crippen molar-refractivity contribution in [1.82, 2.24) is 0 Å². The van der Waals surface area contributed by atoms with E-state index in [0.29, 0.717) is 0 Å². The fourth-order valence-electron chi connectivity index (χ4n) is 2.87. The highest BCUT2D eigenvalue weighted by atomic mass is 32.1. The molecule has 38 heavy (non-hydrogen) atoms. The first-order valence-corrected chi connectivity index (χ1v) is 10.9. The number of anilines is 1. The van der Waals surface area contributed by atoms with Crippen molar-refractivity contribution in [2.45, 2.75) is 49.9 Å². The molecule has 1 aromatic heterocycles. The third-order valence-corrected chi connectivity index (χ3v) is 5.92. The van der Waals surface area contributed by atoms with Crippen LogP contribution in [-0.4, -0.2) is 54.5 Å². The smallest absolute Gasteiger partial charge is 0.393 e. The molecular formula is C21H15F12NO3S. The first-order chi connectivity index (χ1) is 17.2. The highest BCUT2D eigenvalue weighted by Crippen LogP contribution is 2.58. The number of thiophene rings is 1. The van der Waals surface area contributed by atoms with Crippen molar-refractivity contribution in [1.29, 1.82) is 0 Å². The van der Waals surface area contributed by atoms with Gasteiger partial charge in [0.05, 0.1) is 6.61 Å². The quantitative estimate of drug-likeness (QED) is 0.234. The second-order valence-electron chi connectivity index (χ2n) is 7.62. The number of ether oxygens (including phenoxy) is 1. The van der Waals surface area contributed by atoms with Gasteiger partial charge in [0.2, 0.25) is 0 Å². The zero-order valence-electron chi connectivity index (χ0n) is 18.8. The summed E-state index contributed by atoms with van der Waals surface area (Å²) in [6.45, 7) is 2.66. The van der Waals surface area contributed by atoms with E-state index in [1.165, 1.54) is 31.2 Å². The lowest BCUT2D eigenvalue weighted by Gasteiger charge is -2.38. The molecule has 0 bridgehead atoms. The molecule has 0 aliphatic carbocycles. The van der Waals surface area contributed by atoms with Crippen LogP contribution in [0.3, 0.4) is 0 Å². The second kappa shape index (κ2) is 10.3. The molecule has 1 N–H and O–H groups in total. The van der Waals surface area contributed by atoms with E-state index in [2.05, 4.69) is 0 Å². The van der Waals surface area contributed by atoms with E-state index in [4.69, 9.17) is 4.74 Å². The van der Waals surface area contributed by atoms with Crippen molar-refractivity contribution in [2.24, 2.45) is 0 Å². The van der Waals surface area contributed by atoms with Crippen molar-refractivity contribution in [3.8, 4) is 11.1 Å². The Labute approximate surface area is 209 Å². The maximum atomic E-state index is 14.2. The van der Waals surface area contributed by atoms with E-state index in [-0.39, 0.29) is 29.1 Å². The summed E-state index contributed by atoms with van der Waals surface area (Å²) in [5, 5.41) is 1.09. The van der Waals surface area contributed by atoms with Gasteiger partial charge in [-0.3, -0.25) is 4.79 Å². The highest BCUT2D eigenvalue weighted by Gasteiger charge is 2.89. The maximum Gasteiger partial charge on any atom is 0.393 e. The number of hydrogen-bond acceptors (Lipinski definition) is 4. The predicted octanol–water partition coefficient (Wildman–Crippen LogP) is 7.28. The van der Waals surface area contributed by atoms with Gasteiger partial charge in [-0.25, -0.2) is 13.6 Å². The Hall–Kier alpha value is -2.98. The fourth-order valence-corrected chi connectivity index (χ4v) is 3.82. The molecule has 0 aliphatic heterocycles. The fraction of sp³-hybridized carbons (Fsp3) is 0.429. The van der Waals surface area contributed by atoms with Crippen molar-refractivity contribution >= 4 is 28.2 Å². The van der Waals surface area contributed by atoms with Crippen LogP contribution >= 0.6 is 11.3 Å². The molecule has 17 heteroatoms. The zero-order valence-corrected chi connectivity index (χ0v) is 19.7. The number of esters is 1. The summed E-state index contributed by atoms with van der Waals surface area (Å²) in [6.07, 6.45) is -5.67. The SMILES string of the molecule is CCOC(=O)c1c(-c2ccc(C)cc2)csc1NC(=O)C(F)(F)C(F)(F)C(F)(F)C(F)(F)C(F)(F)C(F)F. The summed E-state index contributed by atoms with van der Waals surface area (Å²) in [5.41, 5.74) is 0.127. The summed E-state index contributed by atoms with van der Waals surface area (Å²) in [4.78, 5) is 24.4. The van der Waals surface area contributed by atoms with Gasteiger partial charge in [-0.15, -0.1) is 11.3 Å². The van der Waals surface area contributed by atoms with Crippen LogP contribution in [0.4, 0.5) is 57.7 Å². The molecule has 0 saturated carbocycles. The number of carbonyl (C=O) groups excluding carboxylic acids is 2. The van der Waals surface area contributed by atoms with E-state index >= 15 is 0 Å². The van der Waals surface area contributed by atoms with Crippen LogP contribution in [0.5, 0.6) is 0 Å². The topological polar surface area (TPSA) is 55.4 Å². The minimum absolute atomic E-state index is 0.104. The van der Waals surface area contributed by atoms with Crippen LogP contribution in [0, 0.1) is 6.92 Å².